The number of hydrogen-bond donors (Lipinski definition) is 0. The van der Waals surface area contributed by atoms with Crippen LogP contribution in [0.15, 0.2) is 29.8 Å². The highest BCUT2D eigenvalue weighted by atomic mass is 32.1. The molecule has 0 saturated carbocycles. The summed E-state index contributed by atoms with van der Waals surface area (Å²) in [6.07, 6.45) is 0.593. The summed E-state index contributed by atoms with van der Waals surface area (Å²) >= 11 is 1.53. The summed E-state index contributed by atoms with van der Waals surface area (Å²) in [7, 11) is 1.25. The average Bonchev–Trinajstić information content (AvgIpc) is 3.29. The molecule has 25 heavy (non-hydrogen) atoms. The molecule has 0 aliphatic heterocycles. The lowest BCUT2D eigenvalue weighted by Gasteiger charge is -2.12. The molecule has 0 bridgehead atoms. The van der Waals surface area contributed by atoms with E-state index in [4.69, 9.17) is 4.74 Å². The number of thiophene rings is 1. The van der Waals surface area contributed by atoms with Crippen LogP contribution in [0.2, 0.25) is 0 Å². The molecule has 0 spiro atoms. The van der Waals surface area contributed by atoms with Crippen molar-refractivity contribution in [1.82, 2.24) is 14.8 Å². The molecule has 0 aliphatic carbocycles. The molecule has 0 unspecified atom stereocenters. The minimum absolute atomic E-state index is 0.323. The Hall–Kier alpha value is -2.74. The zero-order chi connectivity index (χ0) is 18.0. The Balaban J connectivity index is 2.08. The van der Waals surface area contributed by atoms with Gasteiger partial charge < -0.3 is 9.47 Å². The number of rotatable bonds is 5. The maximum absolute atomic E-state index is 12.6. The first-order valence-electron chi connectivity index (χ1n) is 7.74. The molecular formula is C17H17N3O4S. The number of carbonyl (C=O) groups is 2. The third kappa shape index (κ3) is 3.25. The summed E-state index contributed by atoms with van der Waals surface area (Å²) in [5.74, 6) is -1.22. The van der Waals surface area contributed by atoms with E-state index in [1.807, 2.05) is 24.4 Å². The molecular weight excluding hydrogens is 342 g/mol. The number of fused-ring (bicyclic) bond motifs is 1. The first kappa shape index (κ1) is 17.1. The van der Waals surface area contributed by atoms with Crippen LogP contribution in [0.4, 0.5) is 0 Å². The summed E-state index contributed by atoms with van der Waals surface area (Å²) in [6, 6.07) is 5.51. The lowest BCUT2D eigenvalue weighted by atomic mass is 10.1. The maximum Gasteiger partial charge on any atom is 0.346 e. The van der Waals surface area contributed by atoms with Crippen LogP contribution in [0.5, 0.6) is 0 Å². The average molecular weight is 359 g/mol. The van der Waals surface area contributed by atoms with Gasteiger partial charge in [-0.3, -0.25) is 0 Å². The van der Waals surface area contributed by atoms with Crippen molar-refractivity contribution in [2.75, 3.05) is 7.11 Å². The molecule has 3 aromatic rings. The topological polar surface area (TPSA) is 83.3 Å². The van der Waals surface area contributed by atoms with Gasteiger partial charge in [-0.2, -0.15) is 5.10 Å². The molecule has 1 atom stereocenters. The van der Waals surface area contributed by atoms with E-state index in [1.165, 1.54) is 25.4 Å². The van der Waals surface area contributed by atoms with E-state index in [2.05, 4.69) is 14.8 Å². The van der Waals surface area contributed by atoms with Crippen LogP contribution in [-0.4, -0.2) is 39.9 Å². The lowest BCUT2D eigenvalue weighted by Crippen LogP contribution is -2.25. The van der Waals surface area contributed by atoms with E-state index in [0.717, 1.165) is 4.88 Å². The second kappa shape index (κ2) is 7.02. The fraction of sp³-hybridized carbons (Fsp3) is 0.294. The Kier molecular flexibility index (Phi) is 4.80. The van der Waals surface area contributed by atoms with Crippen molar-refractivity contribution in [2.45, 2.75) is 26.5 Å². The Morgan fingerprint density at radius 3 is 2.84 bits per heavy atom. The Morgan fingerprint density at radius 1 is 1.40 bits per heavy atom. The highest BCUT2D eigenvalue weighted by Crippen LogP contribution is 2.28. The quantitative estimate of drug-likeness (QED) is 0.651. The molecule has 8 heteroatoms. The van der Waals surface area contributed by atoms with E-state index >= 15 is 0 Å². The lowest BCUT2D eigenvalue weighted by molar-refractivity contribution is -0.149. The predicted molar refractivity (Wildman–Crippen MR) is 93.4 cm³/mol. The fourth-order valence-electron chi connectivity index (χ4n) is 2.44. The van der Waals surface area contributed by atoms with E-state index < -0.39 is 18.0 Å². The zero-order valence-electron chi connectivity index (χ0n) is 14.1. The van der Waals surface area contributed by atoms with Gasteiger partial charge in [0.15, 0.2) is 11.8 Å². The molecule has 7 nitrogen and oxygen atoms in total. The second-order valence-corrected chi connectivity index (χ2v) is 6.25. The zero-order valence-corrected chi connectivity index (χ0v) is 14.9. The van der Waals surface area contributed by atoms with Gasteiger partial charge in [0.1, 0.15) is 0 Å². The van der Waals surface area contributed by atoms with E-state index in [1.54, 1.807) is 16.9 Å². The summed E-state index contributed by atoms with van der Waals surface area (Å²) in [5, 5.41) is 6.80. The van der Waals surface area contributed by atoms with Crippen LogP contribution >= 0.6 is 11.3 Å². The minimum Gasteiger partial charge on any atom is -0.466 e. The largest absolute Gasteiger partial charge is 0.466 e. The van der Waals surface area contributed by atoms with Crippen molar-refractivity contribution in [1.29, 1.82) is 0 Å². The molecule has 0 radical (unpaired) electrons. The van der Waals surface area contributed by atoms with Crippen molar-refractivity contribution >= 4 is 34.3 Å². The van der Waals surface area contributed by atoms with Crippen LogP contribution < -0.4 is 0 Å². The van der Waals surface area contributed by atoms with Gasteiger partial charge in [0, 0.05) is 6.54 Å². The number of pyridine rings is 1. The van der Waals surface area contributed by atoms with Gasteiger partial charge in [0.25, 0.3) is 0 Å². The second-order valence-electron chi connectivity index (χ2n) is 5.30. The van der Waals surface area contributed by atoms with Gasteiger partial charge in [-0.25, -0.2) is 19.3 Å². The van der Waals surface area contributed by atoms with Crippen molar-refractivity contribution in [3.63, 3.8) is 0 Å². The molecule has 0 aromatic carbocycles. The van der Waals surface area contributed by atoms with E-state index in [-0.39, 0.29) is 0 Å². The number of nitrogens with zero attached hydrogens (tertiary/aromatic N) is 3. The smallest absolute Gasteiger partial charge is 0.346 e. The van der Waals surface area contributed by atoms with Gasteiger partial charge in [-0.05, 0) is 31.4 Å². The molecule has 3 rings (SSSR count). The van der Waals surface area contributed by atoms with Gasteiger partial charge in [-0.1, -0.05) is 6.07 Å². The number of aryl methyl sites for hydroxylation is 1. The number of esters is 2. The van der Waals surface area contributed by atoms with E-state index in [0.29, 0.717) is 28.8 Å². The Labute approximate surface area is 148 Å². The third-order valence-corrected chi connectivity index (χ3v) is 4.61. The molecule has 0 saturated heterocycles. The summed E-state index contributed by atoms with van der Waals surface area (Å²) in [4.78, 5) is 29.7. The first-order valence-corrected chi connectivity index (χ1v) is 8.62. The van der Waals surface area contributed by atoms with Crippen LogP contribution in [0.1, 0.15) is 24.2 Å². The Morgan fingerprint density at radius 2 is 2.20 bits per heavy atom. The normalized spacial score (nSPS) is 12.1. The monoisotopic (exact) mass is 359 g/mol. The first-order chi connectivity index (χ1) is 12.0. The number of aromatic nitrogens is 3. The molecule has 0 aliphatic rings. The molecule has 0 N–H and O–H groups in total. The SMILES string of the molecule is CCn1ncc2c(C(=O)O[C@H](C)C(=O)OC)cc(-c3cccs3)nc21. The number of carbonyl (C=O) groups excluding carboxylic acids is 2. The van der Waals surface area contributed by atoms with Crippen molar-refractivity contribution in [3.05, 3.63) is 35.3 Å². The molecule has 3 heterocycles. The Bertz CT molecular complexity index is 918. The predicted octanol–water partition coefficient (Wildman–Crippen LogP) is 2.90. The highest BCUT2D eigenvalue weighted by Gasteiger charge is 2.23. The summed E-state index contributed by atoms with van der Waals surface area (Å²) in [6.45, 7) is 4.04. The van der Waals surface area contributed by atoms with Crippen LogP contribution in [-0.2, 0) is 20.8 Å². The standard InChI is InChI=1S/C17H17N3O4S/c1-4-20-15-12(9-18-20)11(17(22)24-10(2)16(21)23-3)8-13(19-15)14-6-5-7-25-14/h5-10H,4H2,1-3H3/t10-/m1/s1. The minimum atomic E-state index is -0.993. The van der Waals surface area contributed by atoms with Crippen molar-refractivity contribution in [2.24, 2.45) is 0 Å². The highest BCUT2D eigenvalue weighted by molar-refractivity contribution is 7.13. The summed E-state index contributed by atoms with van der Waals surface area (Å²) < 4.78 is 11.5. The maximum atomic E-state index is 12.6. The van der Waals surface area contributed by atoms with Gasteiger partial charge in [0.05, 0.1) is 34.8 Å². The van der Waals surface area contributed by atoms with Crippen LogP contribution in [0.25, 0.3) is 21.6 Å². The van der Waals surface area contributed by atoms with Crippen LogP contribution in [0, 0.1) is 0 Å². The fourth-order valence-corrected chi connectivity index (χ4v) is 3.12. The van der Waals surface area contributed by atoms with Gasteiger partial charge in [-0.15, -0.1) is 11.3 Å². The number of hydrogen-bond acceptors (Lipinski definition) is 7. The van der Waals surface area contributed by atoms with Crippen molar-refractivity contribution in [3.8, 4) is 10.6 Å². The van der Waals surface area contributed by atoms with E-state index in [9.17, 15) is 9.59 Å². The summed E-state index contributed by atoms with van der Waals surface area (Å²) in [5.41, 5.74) is 1.59. The number of methoxy groups -OCH3 is 1. The van der Waals surface area contributed by atoms with Crippen molar-refractivity contribution < 1.29 is 19.1 Å². The van der Waals surface area contributed by atoms with Gasteiger partial charge >= 0.3 is 11.9 Å². The number of ether oxygens (including phenoxy) is 2. The van der Waals surface area contributed by atoms with Crippen LogP contribution in [0.3, 0.4) is 0 Å². The molecule has 130 valence electrons. The third-order valence-electron chi connectivity index (χ3n) is 3.72. The molecule has 0 amide bonds. The van der Waals surface area contributed by atoms with Gasteiger partial charge in [0.2, 0.25) is 0 Å². The molecule has 3 aromatic heterocycles. The molecule has 0 fully saturated rings.